The number of ether oxygens (including phenoxy) is 1. The number of carbonyl (C=O) groups excluding carboxylic acids is 2. The summed E-state index contributed by atoms with van der Waals surface area (Å²) in [7, 11) is 0. The lowest BCUT2D eigenvalue weighted by molar-refractivity contribution is -0.116. The van der Waals surface area contributed by atoms with Gasteiger partial charge < -0.3 is 4.74 Å². The zero-order chi connectivity index (χ0) is 15.3. The summed E-state index contributed by atoms with van der Waals surface area (Å²) in [5, 5.41) is 0. The Morgan fingerprint density at radius 3 is 2.45 bits per heavy atom. The lowest BCUT2D eigenvalue weighted by Crippen LogP contribution is -2.43. The van der Waals surface area contributed by atoms with Gasteiger partial charge in [0.15, 0.2) is 0 Å². The molecule has 0 bridgehead atoms. The summed E-state index contributed by atoms with van der Waals surface area (Å²) >= 11 is 0. The number of para-hydroxylation sites is 1. The van der Waals surface area contributed by atoms with Crippen LogP contribution in [0.5, 0.6) is 0 Å². The van der Waals surface area contributed by atoms with E-state index in [1.165, 1.54) is 0 Å². The molecule has 1 atom stereocenters. The molecule has 0 radical (unpaired) electrons. The molecule has 4 heteroatoms. The van der Waals surface area contributed by atoms with Gasteiger partial charge in [0.2, 0.25) is 5.72 Å². The van der Waals surface area contributed by atoms with Gasteiger partial charge >= 0.3 is 5.97 Å². The van der Waals surface area contributed by atoms with Gasteiger partial charge in [-0.15, -0.1) is 0 Å². The van der Waals surface area contributed by atoms with Crippen LogP contribution >= 0.6 is 0 Å². The van der Waals surface area contributed by atoms with Crippen molar-refractivity contribution < 1.29 is 14.3 Å². The van der Waals surface area contributed by atoms with Gasteiger partial charge in [0.25, 0.3) is 5.91 Å². The molecule has 108 valence electrons. The highest BCUT2D eigenvalue weighted by Crippen LogP contribution is 2.50. The smallest absolute Gasteiger partial charge is 0.341 e. The quantitative estimate of drug-likeness (QED) is 0.599. The molecule has 0 N–H and O–H groups in total. The zero-order valence-electron chi connectivity index (χ0n) is 11.8. The van der Waals surface area contributed by atoms with Crippen molar-refractivity contribution in [3.8, 4) is 0 Å². The van der Waals surface area contributed by atoms with Crippen molar-refractivity contribution in [2.24, 2.45) is 0 Å². The van der Waals surface area contributed by atoms with Crippen LogP contribution in [0.4, 0.5) is 5.69 Å². The Morgan fingerprint density at radius 2 is 1.68 bits per heavy atom. The first-order valence-electron chi connectivity index (χ1n) is 7.04. The fourth-order valence-electron chi connectivity index (χ4n) is 3.23. The average molecular weight is 291 g/mol. The number of fused-ring (bicyclic) bond motifs is 2. The van der Waals surface area contributed by atoms with Crippen molar-refractivity contribution in [1.82, 2.24) is 0 Å². The summed E-state index contributed by atoms with van der Waals surface area (Å²) in [6.07, 6.45) is 0.281. The van der Waals surface area contributed by atoms with Crippen LogP contribution in [0, 0.1) is 0 Å². The molecule has 4 nitrogen and oxygen atoms in total. The topological polar surface area (TPSA) is 46.6 Å². The van der Waals surface area contributed by atoms with Gasteiger partial charge in [0.05, 0.1) is 5.56 Å². The van der Waals surface area contributed by atoms with Crippen LogP contribution in [-0.2, 0) is 15.3 Å². The lowest BCUT2D eigenvalue weighted by atomic mass is 9.96. The lowest BCUT2D eigenvalue weighted by Gasteiger charge is -2.33. The van der Waals surface area contributed by atoms with Crippen LogP contribution < -0.4 is 4.90 Å². The number of amides is 1. The number of hydrogen-bond donors (Lipinski definition) is 0. The van der Waals surface area contributed by atoms with E-state index in [0.29, 0.717) is 16.8 Å². The highest BCUT2D eigenvalue weighted by Gasteiger charge is 2.57. The fraction of sp³-hybridized carbons (Fsp3) is 0.111. The predicted octanol–water partition coefficient (Wildman–Crippen LogP) is 3.00. The van der Waals surface area contributed by atoms with Crippen molar-refractivity contribution in [2.45, 2.75) is 12.1 Å². The number of nitrogens with zero attached hydrogens (tertiary/aromatic N) is 1. The number of benzene rings is 2. The third-order valence-electron chi connectivity index (χ3n) is 4.16. The first-order valence-corrected chi connectivity index (χ1v) is 7.04. The molecular weight excluding hydrogens is 278 g/mol. The summed E-state index contributed by atoms with van der Waals surface area (Å²) in [5.41, 5.74) is 1.24. The van der Waals surface area contributed by atoms with Crippen molar-refractivity contribution in [3.05, 3.63) is 77.9 Å². The van der Waals surface area contributed by atoms with Crippen molar-refractivity contribution in [1.29, 1.82) is 0 Å². The Labute approximate surface area is 127 Å². The minimum absolute atomic E-state index is 0.212. The van der Waals surface area contributed by atoms with E-state index in [4.69, 9.17) is 4.74 Å². The Hall–Kier alpha value is -2.88. The predicted molar refractivity (Wildman–Crippen MR) is 81.2 cm³/mol. The second-order valence-corrected chi connectivity index (χ2v) is 5.48. The van der Waals surface area contributed by atoms with Crippen molar-refractivity contribution in [2.75, 3.05) is 4.90 Å². The molecule has 0 aromatic heterocycles. The Bertz CT molecular complexity index is 812. The molecule has 1 spiro atoms. The summed E-state index contributed by atoms with van der Waals surface area (Å²) in [6, 6.07) is 16.4. The van der Waals surface area contributed by atoms with Gasteiger partial charge in [-0.1, -0.05) is 43.0 Å². The first-order chi connectivity index (χ1) is 10.6. The van der Waals surface area contributed by atoms with E-state index in [9.17, 15) is 9.59 Å². The van der Waals surface area contributed by atoms with Gasteiger partial charge in [-0.2, -0.15) is 0 Å². The van der Waals surface area contributed by atoms with Crippen LogP contribution in [0.15, 0.2) is 66.7 Å². The van der Waals surface area contributed by atoms with E-state index in [0.717, 1.165) is 5.56 Å². The number of carbonyl (C=O) groups is 2. The largest absolute Gasteiger partial charge is 0.430 e. The van der Waals surface area contributed by atoms with Crippen LogP contribution in [0.1, 0.15) is 22.3 Å². The van der Waals surface area contributed by atoms with Gasteiger partial charge in [-0.25, -0.2) is 4.79 Å². The molecule has 1 amide bonds. The zero-order valence-corrected chi connectivity index (χ0v) is 11.8. The molecule has 1 saturated heterocycles. The van der Waals surface area contributed by atoms with E-state index in [-0.39, 0.29) is 12.3 Å². The Kier molecular flexibility index (Phi) is 2.51. The van der Waals surface area contributed by atoms with Gasteiger partial charge in [0, 0.05) is 23.2 Å². The third kappa shape index (κ3) is 1.52. The van der Waals surface area contributed by atoms with Crippen LogP contribution in [0.3, 0.4) is 0 Å². The van der Waals surface area contributed by atoms with Crippen LogP contribution in [-0.4, -0.2) is 11.9 Å². The van der Waals surface area contributed by atoms with Crippen LogP contribution in [0.25, 0.3) is 0 Å². The summed E-state index contributed by atoms with van der Waals surface area (Å²) in [5.74, 6) is -0.616. The first kappa shape index (κ1) is 12.8. The Balaban J connectivity index is 1.96. The molecule has 2 aromatic rings. The molecule has 2 aliphatic rings. The SMILES string of the molecule is C=C1CC2(OC(=O)c3ccccc32)N(c2ccccc2)C1=O. The molecular formula is C18H13NO3. The fourth-order valence-corrected chi connectivity index (χ4v) is 3.23. The molecule has 22 heavy (non-hydrogen) atoms. The van der Waals surface area contributed by atoms with Crippen molar-refractivity contribution >= 4 is 17.6 Å². The maximum Gasteiger partial charge on any atom is 0.341 e. The minimum atomic E-state index is -1.11. The van der Waals surface area contributed by atoms with E-state index in [1.54, 1.807) is 17.0 Å². The second-order valence-electron chi connectivity index (χ2n) is 5.48. The third-order valence-corrected chi connectivity index (χ3v) is 4.16. The number of rotatable bonds is 1. The minimum Gasteiger partial charge on any atom is -0.430 e. The maximum absolute atomic E-state index is 12.6. The average Bonchev–Trinajstić information content (AvgIpc) is 2.95. The number of esters is 1. The molecule has 4 rings (SSSR count). The second kappa shape index (κ2) is 4.31. The number of anilines is 1. The highest BCUT2D eigenvalue weighted by atomic mass is 16.6. The molecule has 0 saturated carbocycles. The summed E-state index contributed by atoms with van der Waals surface area (Å²) in [6.45, 7) is 3.85. The van der Waals surface area contributed by atoms with Crippen molar-refractivity contribution in [3.63, 3.8) is 0 Å². The van der Waals surface area contributed by atoms with Crippen LogP contribution in [0.2, 0.25) is 0 Å². The maximum atomic E-state index is 12.6. The summed E-state index contributed by atoms with van der Waals surface area (Å²) in [4.78, 5) is 26.4. The molecule has 0 aliphatic carbocycles. The highest BCUT2D eigenvalue weighted by molar-refractivity contribution is 6.11. The van der Waals surface area contributed by atoms with Gasteiger partial charge in [-0.05, 0) is 18.2 Å². The molecule has 1 fully saturated rings. The molecule has 2 heterocycles. The van der Waals surface area contributed by atoms with E-state index >= 15 is 0 Å². The molecule has 1 unspecified atom stereocenters. The van der Waals surface area contributed by atoms with E-state index in [2.05, 4.69) is 6.58 Å². The normalized spacial score (nSPS) is 23.1. The standard InChI is InChI=1S/C18H13NO3/c1-12-11-18(15-10-6-5-9-14(15)17(21)22-18)19(16(12)20)13-7-3-2-4-8-13/h2-10H,1,11H2. The van der Waals surface area contributed by atoms with Gasteiger partial charge in [-0.3, -0.25) is 9.69 Å². The van der Waals surface area contributed by atoms with E-state index < -0.39 is 11.7 Å². The van der Waals surface area contributed by atoms with E-state index in [1.807, 2.05) is 42.5 Å². The molecule has 2 aromatic carbocycles. The Morgan fingerprint density at radius 1 is 1.00 bits per heavy atom. The monoisotopic (exact) mass is 291 g/mol. The molecule has 2 aliphatic heterocycles. The summed E-state index contributed by atoms with van der Waals surface area (Å²) < 4.78 is 5.69. The van der Waals surface area contributed by atoms with Gasteiger partial charge in [0.1, 0.15) is 0 Å². The number of hydrogen-bond acceptors (Lipinski definition) is 3.